The van der Waals surface area contributed by atoms with Gasteiger partial charge in [-0.05, 0) is 38.5 Å². The number of aliphatic hydroxyl groups is 1. The molecule has 1 unspecified atom stereocenters. The van der Waals surface area contributed by atoms with E-state index < -0.39 is 11.6 Å². The van der Waals surface area contributed by atoms with Gasteiger partial charge < -0.3 is 20.1 Å². The average Bonchev–Trinajstić information content (AvgIpc) is 2.42. The van der Waals surface area contributed by atoms with Crippen molar-refractivity contribution in [2.75, 3.05) is 27.2 Å². The summed E-state index contributed by atoms with van der Waals surface area (Å²) in [6, 6.07) is 7.67. The maximum atomic E-state index is 11.9. The normalized spacial score (nSPS) is 12.9. The van der Waals surface area contributed by atoms with E-state index in [1.807, 2.05) is 31.2 Å². The quantitative estimate of drug-likeness (QED) is 0.793. The molecule has 1 aromatic rings. The van der Waals surface area contributed by atoms with Crippen LogP contribution in [0, 0.1) is 6.92 Å². The molecule has 0 aliphatic rings. The highest BCUT2D eigenvalue weighted by atomic mass is 16.5. The Balaban J connectivity index is 2.40. The number of aliphatic hydroxyl groups excluding tert-OH is 1. The first-order valence-corrected chi connectivity index (χ1v) is 7.06. The van der Waals surface area contributed by atoms with Crippen LogP contribution in [0.4, 0.5) is 0 Å². The molecule has 1 rings (SSSR count). The Hall–Kier alpha value is -1.59. The van der Waals surface area contributed by atoms with E-state index >= 15 is 0 Å². The number of hydrogen-bond donors (Lipinski definition) is 2. The lowest BCUT2D eigenvalue weighted by atomic mass is 10.0. The number of nitrogens with zero attached hydrogens (tertiary/aromatic N) is 1. The SMILES string of the molecule is Cc1cccc(OCC(O)CNC(C)(C)C(=O)N(C)C)c1. The third-order valence-corrected chi connectivity index (χ3v) is 3.15. The van der Waals surface area contributed by atoms with Crippen LogP contribution < -0.4 is 10.1 Å². The van der Waals surface area contributed by atoms with Gasteiger partial charge in [0, 0.05) is 20.6 Å². The summed E-state index contributed by atoms with van der Waals surface area (Å²) in [7, 11) is 3.42. The number of hydrogen-bond acceptors (Lipinski definition) is 4. The summed E-state index contributed by atoms with van der Waals surface area (Å²) in [5.74, 6) is 0.701. The summed E-state index contributed by atoms with van der Waals surface area (Å²) in [5, 5.41) is 13.0. The van der Waals surface area contributed by atoms with Crippen molar-refractivity contribution < 1.29 is 14.6 Å². The largest absolute Gasteiger partial charge is 0.491 e. The highest BCUT2D eigenvalue weighted by Crippen LogP contribution is 2.12. The summed E-state index contributed by atoms with van der Waals surface area (Å²) in [5.41, 5.74) is 0.395. The predicted molar refractivity (Wildman–Crippen MR) is 83.5 cm³/mol. The van der Waals surface area contributed by atoms with Crippen LogP contribution in [0.1, 0.15) is 19.4 Å². The summed E-state index contributed by atoms with van der Waals surface area (Å²) >= 11 is 0. The smallest absolute Gasteiger partial charge is 0.241 e. The number of ether oxygens (including phenoxy) is 1. The van der Waals surface area contributed by atoms with Gasteiger partial charge in [-0.1, -0.05) is 12.1 Å². The Kier molecular flexibility index (Phi) is 6.18. The molecule has 0 spiro atoms. The van der Waals surface area contributed by atoms with E-state index in [0.717, 1.165) is 11.3 Å². The van der Waals surface area contributed by atoms with Crippen LogP contribution >= 0.6 is 0 Å². The molecule has 5 heteroatoms. The Morgan fingerprint density at radius 1 is 1.43 bits per heavy atom. The first kappa shape index (κ1) is 17.5. The van der Waals surface area contributed by atoms with Crippen molar-refractivity contribution in [3.8, 4) is 5.75 Å². The number of nitrogens with one attached hydrogen (secondary N) is 1. The Bertz CT molecular complexity index is 472. The van der Waals surface area contributed by atoms with Crippen molar-refractivity contribution in [2.24, 2.45) is 0 Å². The van der Waals surface area contributed by atoms with Gasteiger partial charge in [0.15, 0.2) is 0 Å². The van der Waals surface area contributed by atoms with Crippen LogP contribution in [-0.4, -0.2) is 54.8 Å². The van der Waals surface area contributed by atoms with Gasteiger partial charge in [-0.15, -0.1) is 0 Å². The molecule has 21 heavy (non-hydrogen) atoms. The van der Waals surface area contributed by atoms with Gasteiger partial charge in [-0.25, -0.2) is 0 Å². The number of aryl methyl sites for hydroxylation is 1. The molecule has 0 saturated heterocycles. The molecule has 0 aliphatic heterocycles. The Morgan fingerprint density at radius 3 is 2.67 bits per heavy atom. The van der Waals surface area contributed by atoms with Crippen LogP contribution in [0.2, 0.25) is 0 Å². The second-order valence-corrected chi connectivity index (χ2v) is 5.99. The number of amides is 1. The van der Waals surface area contributed by atoms with E-state index in [1.165, 1.54) is 4.90 Å². The molecule has 0 radical (unpaired) electrons. The Labute approximate surface area is 126 Å². The van der Waals surface area contributed by atoms with Crippen LogP contribution in [0.5, 0.6) is 5.75 Å². The fraction of sp³-hybridized carbons (Fsp3) is 0.562. The maximum Gasteiger partial charge on any atom is 0.241 e. The summed E-state index contributed by atoms with van der Waals surface area (Å²) in [6.07, 6.45) is -0.681. The van der Waals surface area contributed by atoms with Crippen molar-refractivity contribution in [3.63, 3.8) is 0 Å². The molecule has 1 amide bonds. The van der Waals surface area contributed by atoms with E-state index in [-0.39, 0.29) is 12.5 Å². The fourth-order valence-electron chi connectivity index (χ4n) is 1.96. The highest BCUT2D eigenvalue weighted by molar-refractivity contribution is 5.85. The van der Waals surface area contributed by atoms with Gasteiger partial charge >= 0.3 is 0 Å². The monoisotopic (exact) mass is 294 g/mol. The molecule has 2 N–H and O–H groups in total. The average molecular weight is 294 g/mol. The molecule has 0 aromatic heterocycles. The molecule has 0 heterocycles. The van der Waals surface area contributed by atoms with Gasteiger partial charge in [0.25, 0.3) is 0 Å². The van der Waals surface area contributed by atoms with Crippen molar-refractivity contribution >= 4 is 5.91 Å². The molecule has 118 valence electrons. The van der Waals surface area contributed by atoms with Gasteiger partial charge in [0.2, 0.25) is 5.91 Å². The highest BCUT2D eigenvalue weighted by Gasteiger charge is 2.29. The van der Waals surface area contributed by atoms with E-state index in [9.17, 15) is 9.90 Å². The standard InChI is InChI=1S/C16H26N2O3/c1-12-7-6-8-14(9-12)21-11-13(19)10-17-16(2,3)15(20)18(4)5/h6-9,13,17,19H,10-11H2,1-5H3. The van der Waals surface area contributed by atoms with Crippen LogP contribution in [0.25, 0.3) is 0 Å². The Morgan fingerprint density at radius 2 is 2.10 bits per heavy atom. The third-order valence-electron chi connectivity index (χ3n) is 3.15. The zero-order valence-electron chi connectivity index (χ0n) is 13.5. The number of benzene rings is 1. The van der Waals surface area contributed by atoms with Crippen molar-refractivity contribution in [2.45, 2.75) is 32.4 Å². The minimum absolute atomic E-state index is 0.0331. The maximum absolute atomic E-state index is 11.9. The molecule has 5 nitrogen and oxygen atoms in total. The second kappa shape index (κ2) is 7.43. The minimum Gasteiger partial charge on any atom is -0.491 e. The van der Waals surface area contributed by atoms with Crippen molar-refractivity contribution in [3.05, 3.63) is 29.8 Å². The van der Waals surface area contributed by atoms with Gasteiger partial charge in [-0.2, -0.15) is 0 Å². The molecule has 0 saturated carbocycles. The molecular formula is C16H26N2O3. The lowest BCUT2D eigenvalue weighted by Gasteiger charge is -2.29. The summed E-state index contributed by atoms with van der Waals surface area (Å²) in [4.78, 5) is 13.5. The van der Waals surface area contributed by atoms with Gasteiger partial charge in [-0.3, -0.25) is 4.79 Å². The van der Waals surface area contributed by atoms with E-state index in [4.69, 9.17) is 4.74 Å². The number of carbonyl (C=O) groups excluding carboxylic acids is 1. The number of likely N-dealkylation sites (N-methyl/N-ethyl adjacent to an activating group) is 1. The van der Waals surface area contributed by atoms with E-state index in [0.29, 0.717) is 6.54 Å². The summed E-state index contributed by atoms with van der Waals surface area (Å²) in [6.45, 7) is 6.05. The third kappa shape index (κ3) is 5.73. The minimum atomic E-state index is -0.714. The first-order chi connectivity index (χ1) is 9.72. The molecule has 0 fully saturated rings. The second-order valence-electron chi connectivity index (χ2n) is 5.99. The van der Waals surface area contributed by atoms with E-state index in [2.05, 4.69) is 5.32 Å². The van der Waals surface area contributed by atoms with Crippen LogP contribution in [-0.2, 0) is 4.79 Å². The van der Waals surface area contributed by atoms with Crippen molar-refractivity contribution in [1.29, 1.82) is 0 Å². The zero-order chi connectivity index (χ0) is 16.0. The predicted octanol–water partition coefficient (Wildman–Crippen LogP) is 1.19. The molecule has 1 aromatic carbocycles. The van der Waals surface area contributed by atoms with Crippen LogP contribution in [0.3, 0.4) is 0 Å². The number of carbonyl (C=O) groups is 1. The van der Waals surface area contributed by atoms with Gasteiger partial charge in [0.1, 0.15) is 18.5 Å². The summed E-state index contributed by atoms with van der Waals surface area (Å²) < 4.78 is 5.54. The number of rotatable bonds is 7. The molecular weight excluding hydrogens is 268 g/mol. The topological polar surface area (TPSA) is 61.8 Å². The zero-order valence-corrected chi connectivity index (χ0v) is 13.5. The fourth-order valence-corrected chi connectivity index (χ4v) is 1.96. The number of β-amino-alcohol motifs (C(OH)–C–C–N with tert-alkyl or cyclic N) is 1. The molecule has 0 bridgehead atoms. The van der Waals surface area contributed by atoms with Crippen molar-refractivity contribution in [1.82, 2.24) is 10.2 Å². The lowest BCUT2D eigenvalue weighted by Crippen LogP contribution is -2.54. The lowest BCUT2D eigenvalue weighted by molar-refractivity contribution is -0.134. The first-order valence-electron chi connectivity index (χ1n) is 7.06. The van der Waals surface area contributed by atoms with Crippen LogP contribution in [0.15, 0.2) is 24.3 Å². The molecule has 1 atom stereocenters. The van der Waals surface area contributed by atoms with E-state index in [1.54, 1.807) is 27.9 Å². The van der Waals surface area contributed by atoms with Gasteiger partial charge in [0.05, 0.1) is 5.54 Å². The molecule has 0 aliphatic carbocycles.